The minimum Gasteiger partial charge on any atom is -0.490 e. The quantitative estimate of drug-likeness (QED) is 0.726. The first-order valence-corrected chi connectivity index (χ1v) is 8.35. The van der Waals surface area contributed by atoms with Crippen molar-refractivity contribution in [3.63, 3.8) is 0 Å². The van der Waals surface area contributed by atoms with Crippen molar-refractivity contribution < 1.29 is 14.3 Å². The molecule has 24 heavy (non-hydrogen) atoms. The van der Waals surface area contributed by atoms with Crippen molar-refractivity contribution in [2.24, 2.45) is 0 Å². The standard InChI is InChI=1S/C19H22ClNO3/c1-3-23-12-13-24-18-7-5-4-6-17(18)19(22)21-14(2)15-8-10-16(20)11-9-15/h4-11,14H,3,12-13H2,1-2H3,(H,21,22). The first-order chi connectivity index (χ1) is 11.6. The fourth-order valence-electron chi connectivity index (χ4n) is 2.24. The summed E-state index contributed by atoms with van der Waals surface area (Å²) >= 11 is 5.90. The van der Waals surface area contributed by atoms with Crippen molar-refractivity contribution in [1.29, 1.82) is 0 Å². The summed E-state index contributed by atoms with van der Waals surface area (Å²) in [6, 6.07) is 14.5. The number of amides is 1. The van der Waals surface area contributed by atoms with Gasteiger partial charge in [-0.25, -0.2) is 0 Å². The topological polar surface area (TPSA) is 47.6 Å². The fraction of sp³-hybridized carbons (Fsp3) is 0.316. The Hall–Kier alpha value is -2.04. The Bertz CT molecular complexity index is 658. The lowest BCUT2D eigenvalue weighted by Gasteiger charge is -2.16. The third-order valence-corrected chi connectivity index (χ3v) is 3.79. The number of hydrogen-bond donors (Lipinski definition) is 1. The van der Waals surface area contributed by atoms with Crippen molar-refractivity contribution in [2.45, 2.75) is 19.9 Å². The van der Waals surface area contributed by atoms with Gasteiger partial charge in [-0.2, -0.15) is 0 Å². The molecule has 0 aliphatic carbocycles. The summed E-state index contributed by atoms with van der Waals surface area (Å²) in [6.45, 7) is 5.40. The van der Waals surface area contributed by atoms with Gasteiger partial charge >= 0.3 is 0 Å². The molecule has 4 nitrogen and oxygen atoms in total. The van der Waals surface area contributed by atoms with Crippen LogP contribution in [0.15, 0.2) is 48.5 Å². The van der Waals surface area contributed by atoms with E-state index in [-0.39, 0.29) is 11.9 Å². The third kappa shape index (κ3) is 5.25. The lowest BCUT2D eigenvalue weighted by atomic mass is 10.1. The lowest BCUT2D eigenvalue weighted by molar-refractivity contribution is 0.0923. The zero-order chi connectivity index (χ0) is 17.4. The molecule has 0 spiro atoms. The molecule has 0 heterocycles. The van der Waals surface area contributed by atoms with E-state index >= 15 is 0 Å². The van der Waals surface area contributed by atoms with Crippen LogP contribution in [0.1, 0.15) is 35.8 Å². The summed E-state index contributed by atoms with van der Waals surface area (Å²) in [5.41, 5.74) is 1.50. The van der Waals surface area contributed by atoms with Crippen LogP contribution in [0, 0.1) is 0 Å². The molecule has 0 aliphatic rings. The Morgan fingerprint density at radius 1 is 1.12 bits per heavy atom. The highest BCUT2D eigenvalue weighted by Gasteiger charge is 2.15. The Balaban J connectivity index is 2.02. The first kappa shape index (κ1) is 18.3. The van der Waals surface area contributed by atoms with E-state index in [1.165, 1.54) is 0 Å². The minimum atomic E-state index is -0.176. The van der Waals surface area contributed by atoms with Crippen molar-refractivity contribution in [3.05, 3.63) is 64.7 Å². The van der Waals surface area contributed by atoms with Gasteiger partial charge in [0.1, 0.15) is 12.4 Å². The molecule has 0 bridgehead atoms. The maximum absolute atomic E-state index is 12.6. The summed E-state index contributed by atoms with van der Waals surface area (Å²) in [7, 11) is 0. The van der Waals surface area contributed by atoms with E-state index in [1.807, 2.05) is 50.2 Å². The van der Waals surface area contributed by atoms with Gasteiger partial charge in [0.05, 0.1) is 18.2 Å². The number of halogens is 1. The van der Waals surface area contributed by atoms with Gasteiger partial charge in [-0.1, -0.05) is 35.9 Å². The molecule has 128 valence electrons. The molecule has 0 saturated carbocycles. The van der Waals surface area contributed by atoms with Crippen LogP contribution in [-0.4, -0.2) is 25.7 Å². The summed E-state index contributed by atoms with van der Waals surface area (Å²) in [5, 5.41) is 3.65. The molecule has 1 atom stereocenters. The highest BCUT2D eigenvalue weighted by atomic mass is 35.5. The second-order valence-electron chi connectivity index (χ2n) is 5.29. The van der Waals surface area contributed by atoms with Crippen LogP contribution in [0.2, 0.25) is 5.02 Å². The van der Waals surface area contributed by atoms with Crippen molar-refractivity contribution in [2.75, 3.05) is 19.8 Å². The molecule has 0 aromatic heterocycles. The van der Waals surface area contributed by atoms with Gasteiger partial charge in [-0.05, 0) is 43.7 Å². The highest BCUT2D eigenvalue weighted by molar-refractivity contribution is 6.30. The number of rotatable bonds is 8. The summed E-state index contributed by atoms with van der Waals surface area (Å²) in [6.07, 6.45) is 0. The molecule has 2 rings (SSSR count). The van der Waals surface area contributed by atoms with Gasteiger partial charge in [-0.15, -0.1) is 0 Å². The van der Waals surface area contributed by atoms with Crippen LogP contribution >= 0.6 is 11.6 Å². The lowest BCUT2D eigenvalue weighted by Crippen LogP contribution is -2.27. The molecule has 0 fully saturated rings. The van der Waals surface area contributed by atoms with Crippen LogP contribution in [-0.2, 0) is 4.74 Å². The SMILES string of the molecule is CCOCCOc1ccccc1C(=O)NC(C)c1ccc(Cl)cc1. The molecule has 1 unspecified atom stereocenters. The van der Waals surface area contributed by atoms with Crippen LogP contribution < -0.4 is 10.1 Å². The van der Waals surface area contributed by atoms with Crippen molar-refractivity contribution in [3.8, 4) is 5.75 Å². The molecular formula is C19H22ClNO3. The summed E-state index contributed by atoms with van der Waals surface area (Å²) in [5.74, 6) is 0.377. The molecule has 5 heteroatoms. The highest BCUT2D eigenvalue weighted by Crippen LogP contribution is 2.20. The summed E-state index contributed by atoms with van der Waals surface area (Å²) in [4.78, 5) is 12.6. The molecular weight excluding hydrogens is 326 g/mol. The second kappa shape index (κ2) is 9.30. The maximum Gasteiger partial charge on any atom is 0.255 e. The molecule has 1 amide bonds. The number of carbonyl (C=O) groups excluding carboxylic acids is 1. The van der Waals surface area contributed by atoms with E-state index in [9.17, 15) is 4.79 Å². The van der Waals surface area contributed by atoms with E-state index in [0.29, 0.717) is 36.2 Å². The molecule has 0 aliphatic heterocycles. The molecule has 0 radical (unpaired) electrons. The normalized spacial score (nSPS) is 11.8. The van der Waals surface area contributed by atoms with Gasteiger partial charge in [0.15, 0.2) is 0 Å². The van der Waals surface area contributed by atoms with E-state index in [4.69, 9.17) is 21.1 Å². The van der Waals surface area contributed by atoms with Gasteiger partial charge in [0.2, 0.25) is 0 Å². The van der Waals surface area contributed by atoms with E-state index in [0.717, 1.165) is 5.56 Å². The number of hydrogen-bond acceptors (Lipinski definition) is 3. The average molecular weight is 348 g/mol. The smallest absolute Gasteiger partial charge is 0.255 e. The molecule has 2 aromatic rings. The predicted octanol–water partition coefficient (Wildman–Crippen LogP) is 4.25. The Morgan fingerprint density at radius 2 is 1.83 bits per heavy atom. The van der Waals surface area contributed by atoms with Crippen molar-refractivity contribution >= 4 is 17.5 Å². The fourth-order valence-corrected chi connectivity index (χ4v) is 2.37. The van der Waals surface area contributed by atoms with Gasteiger partial charge < -0.3 is 14.8 Å². The number of para-hydroxylation sites is 1. The van der Waals surface area contributed by atoms with Crippen LogP contribution in [0.25, 0.3) is 0 Å². The largest absolute Gasteiger partial charge is 0.490 e. The number of carbonyl (C=O) groups is 1. The van der Waals surface area contributed by atoms with Crippen LogP contribution in [0.3, 0.4) is 0 Å². The predicted molar refractivity (Wildman–Crippen MR) is 95.8 cm³/mol. The van der Waals surface area contributed by atoms with Gasteiger partial charge in [0.25, 0.3) is 5.91 Å². The third-order valence-electron chi connectivity index (χ3n) is 3.54. The van der Waals surface area contributed by atoms with Gasteiger partial charge in [-0.3, -0.25) is 4.79 Å². The minimum absolute atomic E-state index is 0.133. The van der Waals surface area contributed by atoms with Crippen LogP contribution in [0.4, 0.5) is 0 Å². The molecule has 2 aromatic carbocycles. The first-order valence-electron chi connectivity index (χ1n) is 7.97. The zero-order valence-electron chi connectivity index (χ0n) is 13.9. The van der Waals surface area contributed by atoms with Crippen LogP contribution in [0.5, 0.6) is 5.75 Å². The Labute approximate surface area is 147 Å². The maximum atomic E-state index is 12.6. The van der Waals surface area contributed by atoms with E-state index in [1.54, 1.807) is 12.1 Å². The molecule has 0 saturated heterocycles. The molecule has 1 N–H and O–H groups in total. The Morgan fingerprint density at radius 3 is 2.54 bits per heavy atom. The van der Waals surface area contributed by atoms with E-state index < -0.39 is 0 Å². The number of nitrogens with one attached hydrogen (secondary N) is 1. The Kier molecular flexibility index (Phi) is 7.09. The second-order valence-corrected chi connectivity index (χ2v) is 5.72. The average Bonchev–Trinajstić information content (AvgIpc) is 2.59. The van der Waals surface area contributed by atoms with E-state index in [2.05, 4.69) is 5.32 Å². The monoisotopic (exact) mass is 347 g/mol. The number of benzene rings is 2. The van der Waals surface area contributed by atoms with Gasteiger partial charge in [0, 0.05) is 11.6 Å². The zero-order valence-corrected chi connectivity index (χ0v) is 14.7. The summed E-state index contributed by atoms with van der Waals surface area (Å²) < 4.78 is 10.9. The van der Waals surface area contributed by atoms with Crippen molar-refractivity contribution in [1.82, 2.24) is 5.32 Å². The number of ether oxygens (including phenoxy) is 2.